The van der Waals surface area contributed by atoms with E-state index in [2.05, 4.69) is 20.8 Å². The number of carbonyl (C=O) groups is 1. The lowest BCUT2D eigenvalue weighted by molar-refractivity contribution is -0.147. The van der Waals surface area contributed by atoms with Crippen LogP contribution in [0.2, 0.25) is 0 Å². The maximum Gasteiger partial charge on any atom is 0.306 e. The summed E-state index contributed by atoms with van der Waals surface area (Å²) in [4.78, 5) is 11.8. The van der Waals surface area contributed by atoms with Gasteiger partial charge in [-0.05, 0) is 50.5 Å². The van der Waals surface area contributed by atoms with Crippen molar-refractivity contribution < 1.29 is 14.3 Å². The fraction of sp³-hybridized carbons (Fsp3) is 0.933. The molecule has 0 aromatic carbocycles. The molecule has 0 aromatic heterocycles. The highest BCUT2D eigenvalue weighted by Crippen LogP contribution is 2.21. The van der Waals surface area contributed by atoms with Crippen molar-refractivity contribution in [2.75, 3.05) is 19.8 Å². The number of hydrogen-bond donors (Lipinski definition) is 1. The molecule has 0 bridgehead atoms. The zero-order valence-electron chi connectivity index (χ0n) is 13.0. The van der Waals surface area contributed by atoms with Gasteiger partial charge in [-0.15, -0.1) is 12.4 Å². The Morgan fingerprint density at radius 1 is 1.45 bits per heavy atom. The van der Waals surface area contributed by atoms with Crippen molar-refractivity contribution in [2.24, 2.45) is 23.5 Å². The van der Waals surface area contributed by atoms with E-state index < -0.39 is 0 Å². The third-order valence-corrected chi connectivity index (χ3v) is 3.67. The zero-order valence-corrected chi connectivity index (χ0v) is 13.8. The minimum atomic E-state index is -0.102. The Balaban J connectivity index is 0.00000361. The number of halogens is 1. The van der Waals surface area contributed by atoms with E-state index in [1.807, 2.05) is 0 Å². The van der Waals surface area contributed by atoms with Crippen LogP contribution < -0.4 is 5.73 Å². The first-order valence-corrected chi connectivity index (χ1v) is 7.48. The predicted octanol–water partition coefficient (Wildman–Crippen LogP) is 2.78. The SMILES string of the molecule is CC(C)C[C@H](CN)CC(=O)OCC1CCOC(C)C1.Cl. The molecule has 0 aromatic rings. The minimum absolute atomic E-state index is 0. The van der Waals surface area contributed by atoms with Gasteiger partial charge in [-0.3, -0.25) is 4.79 Å². The lowest BCUT2D eigenvalue weighted by atomic mass is 9.94. The lowest BCUT2D eigenvalue weighted by Gasteiger charge is -2.27. The maximum absolute atomic E-state index is 11.8. The fourth-order valence-corrected chi connectivity index (χ4v) is 2.68. The number of esters is 1. The first kappa shape index (κ1) is 19.7. The van der Waals surface area contributed by atoms with E-state index in [1.54, 1.807) is 0 Å². The first-order chi connectivity index (χ1) is 9.01. The van der Waals surface area contributed by atoms with Crippen LogP contribution in [0.25, 0.3) is 0 Å². The van der Waals surface area contributed by atoms with Gasteiger partial charge in [0.2, 0.25) is 0 Å². The summed E-state index contributed by atoms with van der Waals surface area (Å²) >= 11 is 0. The Hall–Kier alpha value is -0.320. The van der Waals surface area contributed by atoms with E-state index in [-0.39, 0.29) is 30.4 Å². The second-order valence-electron chi connectivity index (χ2n) is 6.19. The van der Waals surface area contributed by atoms with Gasteiger partial charge in [0.15, 0.2) is 0 Å². The van der Waals surface area contributed by atoms with Gasteiger partial charge in [0.1, 0.15) is 0 Å². The quantitative estimate of drug-likeness (QED) is 0.735. The summed E-state index contributed by atoms with van der Waals surface area (Å²) in [5.74, 6) is 1.17. The van der Waals surface area contributed by atoms with Crippen molar-refractivity contribution in [1.82, 2.24) is 0 Å². The molecule has 0 aliphatic carbocycles. The van der Waals surface area contributed by atoms with Crippen LogP contribution in [0, 0.1) is 17.8 Å². The van der Waals surface area contributed by atoms with Crippen LogP contribution in [0.3, 0.4) is 0 Å². The van der Waals surface area contributed by atoms with E-state index in [4.69, 9.17) is 15.2 Å². The molecule has 120 valence electrons. The molecule has 5 heteroatoms. The lowest BCUT2D eigenvalue weighted by Crippen LogP contribution is -2.28. The summed E-state index contributed by atoms with van der Waals surface area (Å²) in [6.07, 6.45) is 3.70. The molecule has 0 radical (unpaired) electrons. The number of rotatable bonds is 7. The Bertz CT molecular complexity index is 274. The standard InChI is InChI=1S/C15H29NO3.ClH/c1-11(2)6-14(9-16)8-15(17)19-10-13-4-5-18-12(3)7-13;/h11-14H,4-10,16H2,1-3H3;1H/t12?,13?,14-;/m0./s1. The van der Waals surface area contributed by atoms with Crippen LogP contribution in [-0.4, -0.2) is 31.8 Å². The zero-order chi connectivity index (χ0) is 14.3. The van der Waals surface area contributed by atoms with Gasteiger partial charge in [-0.25, -0.2) is 0 Å². The Morgan fingerprint density at radius 3 is 2.70 bits per heavy atom. The average molecular weight is 308 g/mol. The van der Waals surface area contributed by atoms with Crippen molar-refractivity contribution in [3.63, 3.8) is 0 Å². The van der Waals surface area contributed by atoms with Gasteiger partial charge in [0, 0.05) is 13.0 Å². The van der Waals surface area contributed by atoms with Crippen molar-refractivity contribution in [3.05, 3.63) is 0 Å². The molecule has 1 fully saturated rings. The Morgan fingerprint density at radius 2 is 2.15 bits per heavy atom. The molecule has 0 amide bonds. The summed E-state index contributed by atoms with van der Waals surface area (Å²) in [5, 5.41) is 0. The molecule has 20 heavy (non-hydrogen) atoms. The summed E-state index contributed by atoms with van der Waals surface area (Å²) in [6.45, 7) is 8.24. The van der Waals surface area contributed by atoms with E-state index >= 15 is 0 Å². The molecule has 0 saturated carbocycles. The minimum Gasteiger partial charge on any atom is -0.465 e. The average Bonchev–Trinajstić information content (AvgIpc) is 2.35. The number of ether oxygens (including phenoxy) is 2. The fourth-order valence-electron chi connectivity index (χ4n) is 2.68. The van der Waals surface area contributed by atoms with Crippen molar-refractivity contribution in [3.8, 4) is 0 Å². The normalized spacial score (nSPS) is 24.1. The van der Waals surface area contributed by atoms with E-state index in [1.165, 1.54) is 0 Å². The molecule has 0 spiro atoms. The van der Waals surface area contributed by atoms with E-state index in [9.17, 15) is 4.79 Å². The van der Waals surface area contributed by atoms with Crippen LogP contribution in [0.5, 0.6) is 0 Å². The highest BCUT2D eigenvalue weighted by atomic mass is 35.5. The van der Waals surface area contributed by atoms with Gasteiger partial charge in [-0.2, -0.15) is 0 Å². The summed E-state index contributed by atoms with van der Waals surface area (Å²) < 4.78 is 10.9. The molecule has 1 aliphatic rings. The maximum atomic E-state index is 11.8. The van der Waals surface area contributed by atoms with Crippen LogP contribution in [0.1, 0.15) is 46.5 Å². The summed E-state index contributed by atoms with van der Waals surface area (Å²) in [6, 6.07) is 0. The highest BCUT2D eigenvalue weighted by molar-refractivity contribution is 5.85. The topological polar surface area (TPSA) is 61.6 Å². The van der Waals surface area contributed by atoms with Crippen LogP contribution >= 0.6 is 12.4 Å². The molecule has 1 aliphatic heterocycles. The Labute approximate surface area is 129 Å². The molecule has 2 unspecified atom stereocenters. The van der Waals surface area contributed by atoms with Crippen molar-refractivity contribution >= 4 is 18.4 Å². The largest absolute Gasteiger partial charge is 0.465 e. The van der Waals surface area contributed by atoms with Gasteiger partial charge in [0.25, 0.3) is 0 Å². The van der Waals surface area contributed by atoms with Gasteiger partial charge in [0.05, 0.1) is 12.7 Å². The summed E-state index contributed by atoms with van der Waals surface area (Å²) in [5.41, 5.74) is 5.70. The highest BCUT2D eigenvalue weighted by Gasteiger charge is 2.21. The smallest absolute Gasteiger partial charge is 0.306 e. The van der Waals surface area contributed by atoms with Crippen molar-refractivity contribution in [2.45, 2.75) is 52.6 Å². The molecule has 4 nitrogen and oxygen atoms in total. The molecule has 1 rings (SSSR count). The molecule has 3 atom stereocenters. The third kappa shape index (κ3) is 8.08. The number of carbonyl (C=O) groups excluding carboxylic acids is 1. The molecular formula is C15H30ClNO3. The number of hydrogen-bond acceptors (Lipinski definition) is 4. The van der Waals surface area contributed by atoms with Crippen molar-refractivity contribution in [1.29, 1.82) is 0 Å². The third-order valence-electron chi connectivity index (χ3n) is 3.67. The molecular weight excluding hydrogens is 278 g/mol. The van der Waals surface area contributed by atoms with E-state index in [0.29, 0.717) is 31.4 Å². The second kappa shape index (κ2) is 10.4. The molecule has 2 N–H and O–H groups in total. The predicted molar refractivity (Wildman–Crippen MR) is 83.0 cm³/mol. The molecule has 1 saturated heterocycles. The van der Waals surface area contributed by atoms with Gasteiger partial charge >= 0.3 is 5.97 Å². The van der Waals surface area contributed by atoms with Gasteiger partial charge in [-0.1, -0.05) is 13.8 Å². The van der Waals surface area contributed by atoms with Gasteiger partial charge < -0.3 is 15.2 Å². The second-order valence-corrected chi connectivity index (χ2v) is 6.19. The Kier molecular flexibility index (Phi) is 10.2. The van der Waals surface area contributed by atoms with Crippen LogP contribution in [0.4, 0.5) is 0 Å². The summed E-state index contributed by atoms with van der Waals surface area (Å²) in [7, 11) is 0. The van der Waals surface area contributed by atoms with Crippen LogP contribution in [0.15, 0.2) is 0 Å². The van der Waals surface area contributed by atoms with E-state index in [0.717, 1.165) is 25.9 Å². The molecule has 1 heterocycles. The first-order valence-electron chi connectivity index (χ1n) is 7.48. The number of nitrogens with two attached hydrogens (primary N) is 1. The monoisotopic (exact) mass is 307 g/mol. The van der Waals surface area contributed by atoms with Crippen LogP contribution in [-0.2, 0) is 14.3 Å².